The largest absolute Gasteiger partial charge is 0.465 e. The lowest BCUT2D eigenvalue weighted by atomic mass is 9.95. The van der Waals surface area contributed by atoms with Gasteiger partial charge in [0, 0.05) is 0 Å². The molecular weight excluding hydrogens is 202 g/mol. The van der Waals surface area contributed by atoms with Crippen LogP contribution in [0.4, 0.5) is 0 Å². The minimum absolute atomic E-state index is 0.138. The molecule has 0 aromatic rings. The number of esters is 1. The number of carbonyl (C=O) groups excluding carboxylic acids is 1. The summed E-state index contributed by atoms with van der Waals surface area (Å²) in [5.74, 6) is 3.00. The fourth-order valence-corrected chi connectivity index (χ4v) is 2.40. The van der Waals surface area contributed by atoms with E-state index in [-0.39, 0.29) is 5.97 Å². The Balaban J connectivity index is 2.70. The lowest BCUT2D eigenvalue weighted by molar-refractivity contribution is -0.151. The first-order chi connectivity index (χ1) is 7.68. The van der Waals surface area contributed by atoms with Crippen LogP contribution >= 0.6 is 0 Å². The third-order valence-electron chi connectivity index (χ3n) is 3.39. The lowest BCUT2D eigenvalue weighted by Gasteiger charge is -2.27. The van der Waals surface area contributed by atoms with Gasteiger partial charge in [-0.15, -0.1) is 6.42 Å². The van der Waals surface area contributed by atoms with E-state index in [2.05, 4.69) is 18.2 Å². The van der Waals surface area contributed by atoms with E-state index in [4.69, 9.17) is 11.2 Å². The molecule has 16 heavy (non-hydrogen) atoms. The Labute approximate surface area is 97.9 Å². The van der Waals surface area contributed by atoms with Crippen LogP contribution in [-0.4, -0.2) is 24.7 Å². The molecule has 0 spiro atoms. The summed E-state index contributed by atoms with van der Waals surface area (Å²) in [5.41, 5.74) is -0.525. The van der Waals surface area contributed by atoms with E-state index < -0.39 is 5.54 Å². The molecule has 0 amide bonds. The predicted octanol–water partition coefficient (Wildman–Crippen LogP) is 1.72. The molecule has 0 saturated heterocycles. The summed E-state index contributed by atoms with van der Waals surface area (Å²) in [7, 11) is 0. The molecule has 1 aliphatic carbocycles. The maximum atomic E-state index is 12.0. The second-order valence-electron chi connectivity index (χ2n) is 4.38. The van der Waals surface area contributed by atoms with E-state index >= 15 is 0 Å². The highest BCUT2D eigenvalue weighted by Crippen LogP contribution is 2.37. The minimum Gasteiger partial charge on any atom is -0.465 e. The van der Waals surface area contributed by atoms with Crippen molar-refractivity contribution in [1.29, 1.82) is 0 Å². The standard InChI is InChI=1S/C13H21NO2/c1-4-9-14-13(12(15)16-6-3)8-7-11(5-2)10-13/h1,11,14H,5-10H2,2-3H3. The van der Waals surface area contributed by atoms with Crippen molar-refractivity contribution in [2.24, 2.45) is 5.92 Å². The fourth-order valence-electron chi connectivity index (χ4n) is 2.40. The highest BCUT2D eigenvalue weighted by atomic mass is 16.5. The molecule has 0 aromatic carbocycles. The predicted molar refractivity (Wildman–Crippen MR) is 63.8 cm³/mol. The Morgan fingerprint density at radius 2 is 2.38 bits per heavy atom. The van der Waals surface area contributed by atoms with Crippen LogP contribution in [0.25, 0.3) is 0 Å². The number of carbonyl (C=O) groups is 1. The highest BCUT2D eigenvalue weighted by Gasteiger charge is 2.45. The summed E-state index contributed by atoms with van der Waals surface area (Å²) in [5, 5.41) is 3.18. The van der Waals surface area contributed by atoms with Gasteiger partial charge in [-0.05, 0) is 32.1 Å². The van der Waals surface area contributed by atoms with E-state index in [9.17, 15) is 4.79 Å². The van der Waals surface area contributed by atoms with Crippen LogP contribution < -0.4 is 5.32 Å². The van der Waals surface area contributed by atoms with Crippen molar-refractivity contribution >= 4 is 5.97 Å². The van der Waals surface area contributed by atoms with Gasteiger partial charge in [-0.2, -0.15) is 0 Å². The zero-order valence-electron chi connectivity index (χ0n) is 10.2. The smallest absolute Gasteiger partial charge is 0.326 e. The summed E-state index contributed by atoms with van der Waals surface area (Å²) in [6.07, 6.45) is 9.12. The third kappa shape index (κ3) is 2.76. The summed E-state index contributed by atoms with van der Waals surface area (Å²) in [6.45, 7) is 4.84. The van der Waals surface area contributed by atoms with Gasteiger partial charge in [0.05, 0.1) is 13.2 Å². The molecule has 1 fully saturated rings. The quantitative estimate of drug-likeness (QED) is 0.569. The van der Waals surface area contributed by atoms with E-state index in [0.29, 0.717) is 19.1 Å². The van der Waals surface area contributed by atoms with Crippen molar-refractivity contribution < 1.29 is 9.53 Å². The van der Waals surface area contributed by atoms with Crippen LogP contribution in [0.1, 0.15) is 39.5 Å². The van der Waals surface area contributed by atoms with Gasteiger partial charge in [0.15, 0.2) is 0 Å². The van der Waals surface area contributed by atoms with Gasteiger partial charge in [-0.25, -0.2) is 0 Å². The van der Waals surface area contributed by atoms with Crippen molar-refractivity contribution in [3.63, 3.8) is 0 Å². The van der Waals surface area contributed by atoms with Crippen LogP contribution in [0.2, 0.25) is 0 Å². The first-order valence-electron chi connectivity index (χ1n) is 6.04. The molecular formula is C13H21NO2. The van der Waals surface area contributed by atoms with E-state index in [1.54, 1.807) is 0 Å². The topological polar surface area (TPSA) is 38.3 Å². The Bertz CT molecular complexity index is 282. The fraction of sp³-hybridized carbons (Fsp3) is 0.769. The number of hydrogen-bond acceptors (Lipinski definition) is 3. The van der Waals surface area contributed by atoms with Gasteiger partial charge in [-0.3, -0.25) is 10.1 Å². The molecule has 0 bridgehead atoms. The van der Waals surface area contributed by atoms with Crippen molar-refractivity contribution in [3.05, 3.63) is 0 Å². The molecule has 0 aromatic heterocycles. The zero-order chi connectivity index (χ0) is 12.0. The van der Waals surface area contributed by atoms with Crippen molar-refractivity contribution in [2.45, 2.75) is 45.1 Å². The summed E-state index contributed by atoms with van der Waals surface area (Å²) < 4.78 is 5.15. The Hall–Kier alpha value is -1.01. The maximum Gasteiger partial charge on any atom is 0.326 e. The van der Waals surface area contributed by atoms with Crippen molar-refractivity contribution in [3.8, 4) is 12.3 Å². The number of hydrogen-bond donors (Lipinski definition) is 1. The molecule has 3 heteroatoms. The Kier molecular flexibility index (Phi) is 4.82. The molecule has 2 unspecified atom stereocenters. The Morgan fingerprint density at radius 1 is 1.62 bits per heavy atom. The van der Waals surface area contributed by atoms with Gasteiger partial charge in [0.1, 0.15) is 5.54 Å². The van der Waals surface area contributed by atoms with Crippen molar-refractivity contribution in [1.82, 2.24) is 5.32 Å². The van der Waals surface area contributed by atoms with Crippen LogP contribution in [0, 0.1) is 18.3 Å². The summed E-state index contributed by atoms with van der Waals surface area (Å²) >= 11 is 0. The SMILES string of the molecule is C#CCNC1(C(=O)OCC)CCC(CC)C1. The molecule has 1 rings (SSSR count). The van der Waals surface area contributed by atoms with Crippen molar-refractivity contribution in [2.75, 3.05) is 13.2 Å². The van der Waals surface area contributed by atoms with Gasteiger partial charge in [0.2, 0.25) is 0 Å². The van der Waals surface area contributed by atoms with Gasteiger partial charge in [0.25, 0.3) is 0 Å². The third-order valence-corrected chi connectivity index (χ3v) is 3.39. The van der Waals surface area contributed by atoms with E-state index in [1.165, 1.54) is 0 Å². The zero-order valence-corrected chi connectivity index (χ0v) is 10.2. The first kappa shape index (κ1) is 13.1. The number of terminal acetylenes is 1. The van der Waals surface area contributed by atoms with Gasteiger partial charge >= 0.3 is 5.97 Å². The Morgan fingerprint density at radius 3 is 2.88 bits per heavy atom. The molecule has 3 nitrogen and oxygen atoms in total. The van der Waals surface area contributed by atoms with Crippen LogP contribution in [0.3, 0.4) is 0 Å². The average Bonchev–Trinajstić information content (AvgIpc) is 2.72. The second-order valence-corrected chi connectivity index (χ2v) is 4.38. The average molecular weight is 223 g/mol. The first-order valence-corrected chi connectivity index (χ1v) is 6.04. The number of nitrogens with one attached hydrogen (secondary N) is 1. The molecule has 1 saturated carbocycles. The van der Waals surface area contributed by atoms with Gasteiger partial charge < -0.3 is 4.74 Å². The van der Waals surface area contributed by atoms with Crippen LogP contribution in [0.5, 0.6) is 0 Å². The normalized spacial score (nSPS) is 28.7. The second kappa shape index (κ2) is 5.91. The molecule has 90 valence electrons. The number of rotatable bonds is 5. The molecule has 1 N–H and O–H groups in total. The molecule has 2 atom stereocenters. The lowest BCUT2D eigenvalue weighted by Crippen LogP contribution is -2.51. The summed E-state index contributed by atoms with van der Waals surface area (Å²) in [4.78, 5) is 12.0. The van der Waals surface area contributed by atoms with E-state index in [0.717, 1.165) is 25.7 Å². The molecule has 0 aliphatic heterocycles. The summed E-state index contributed by atoms with van der Waals surface area (Å²) in [6, 6.07) is 0. The molecule has 1 aliphatic rings. The minimum atomic E-state index is -0.525. The van der Waals surface area contributed by atoms with Crippen LogP contribution in [0.15, 0.2) is 0 Å². The maximum absolute atomic E-state index is 12.0. The molecule has 0 heterocycles. The monoisotopic (exact) mass is 223 g/mol. The van der Waals surface area contributed by atoms with Crippen LogP contribution in [-0.2, 0) is 9.53 Å². The van der Waals surface area contributed by atoms with Gasteiger partial charge in [-0.1, -0.05) is 19.3 Å². The van der Waals surface area contributed by atoms with E-state index in [1.807, 2.05) is 6.92 Å². The number of ether oxygens (including phenoxy) is 1. The molecule has 0 radical (unpaired) electrons. The highest BCUT2D eigenvalue weighted by molar-refractivity contribution is 5.81.